The first-order chi connectivity index (χ1) is 16.7. The van der Waals surface area contributed by atoms with Gasteiger partial charge in [0.2, 0.25) is 5.95 Å². The average Bonchev–Trinajstić information content (AvgIpc) is 3.29. The second kappa shape index (κ2) is 9.89. The van der Waals surface area contributed by atoms with Gasteiger partial charge in [0.15, 0.2) is 16.5 Å². The highest BCUT2D eigenvalue weighted by Gasteiger charge is 2.22. The van der Waals surface area contributed by atoms with E-state index in [1.807, 2.05) is 31.2 Å². The van der Waals surface area contributed by atoms with E-state index in [1.54, 1.807) is 30.7 Å². The number of hydrazone groups is 1. The standard InChI is InChI=1S/C23H22N8O2S/c1-15-3-2-4-16(13-15)14-25-30-23-28-19-18(20(29-23)31-9-11-33-12-10-31)34-22(27-19)21(32)26-17-5-7-24-8-6-17/h2-8,13-14H,9-12H2,1H3,(H,24,26,32)(H,28,29,30)/b25-14+. The van der Waals surface area contributed by atoms with Crippen LogP contribution in [0.3, 0.4) is 0 Å². The number of hydrogen-bond donors (Lipinski definition) is 2. The molecule has 1 fully saturated rings. The summed E-state index contributed by atoms with van der Waals surface area (Å²) < 4.78 is 6.24. The van der Waals surface area contributed by atoms with E-state index in [0.29, 0.717) is 54.4 Å². The minimum atomic E-state index is -0.311. The number of ether oxygens (including phenoxy) is 1. The summed E-state index contributed by atoms with van der Waals surface area (Å²) in [7, 11) is 0. The molecule has 1 aromatic carbocycles. The molecule has 0 atom stereocenters. The van der Waals surface area contributed by atoms with E-state index >= 15 is 0 Å². The fourth-order valence-electron chi connectivity index (χ4n) is 3.48. The molecule has 34 heavy (non-hydrogen) atoms. The summed E-state index contributed by atoms with van der Waals surface area (Å²) in [6.07, 6.45) is 4.94. The van der Waals surface area contributed by atoms with Gasteiger partial charge in [-0.05, 0) is 24.6 Å². The van der Waals surface area contributed by atoms with E-state index in [9.17, 15) is 4.79 Å². The van der Waals surface area contributed by atoms with Crippen molar-refractivity contribution < 1.29 is 9.53 Å². The predicted octanol–water partition coefficient (Wildman–Crippen LogP) is 3.32. The molecule has 4 aromatic rings. The highest BCUT2D eigenvalue weighted by atomic mass is 32.1. The summed E-state index contributed by atoms with van der Waals surface area (Å²) in [5, 5.41) is 7.43. The molecule has 0 bridgehead atoms. The Morgan fingerprint density at radius 2 is 1.97 bits per heavy atom. The second-order valence-electron chi connectivity index (χ2n) is 7.62. The van der Waals surface area contributed by atoms with Gasteiger partial charge in [-0.25, -0.2) is 10.4 Å². The van der Waals surface area contributed by atoms with Crippen molar-refractivity contribution >= 4 is 51.3 Å². The molecule has 172 valence electrons. The molecule has 3 aromatic heterocycles. The van der Waals surface area contributed by atoms with Crippen molar-refractivity contribution in [3.8, 4) is 0 Å². The number of nitrogens with one attached hydrogen (secondary N) is 2. The number of pyridine rings is 1. The van der Waals surface area contributed by atoms with Crippen LogP contribution >= 0.6 is 11.3 Å². The van der Waals surface area contributed by atoms with E-state index < -0.39 is 0 Å². The van der Waals surface area contributed by atoms with Crippen LogP contribution in [0.25, 0.3) is 10.3 Å². The number of anilines is 3. The van der Waals surface area contributed by atoms with Crippen LogP contribution in [0, 0.1) is 6.92 Å². The number of aromatic nitrogens is 4. The van der Waals surface area contributed by atoms with Gasteiger partial charge in [0, 0.05) is 31.2 Å². The van der Waals surface area contributed by atoms with E-state index in [2.05, 4.69) is 35.7 Å². The zero-order chi connectivity index (χ0) is 23.3. The molecule has 5 rings (SSSR count). The Balaban J connectivity index is 1.45. The molecule has 1 aliphatic rings. The monoisotopic (exact) mass is 474 g/mol. The number of hydrogen-bond acceptors (Lipinski definition) is 10. The summed E-state index contributed by atoms with van der Waals surface area (Å²) in [5.74, 6) is 0.709. The number of benzene rings is 1. The highest BCUT2D eigenvalue weighted by molar-refractivity contribution is 7.20. The van der Waals surface area contributed by atoms with Gasteiger partial charge < -0.3 is 15.0 Å². The summed E-state index contributed by atoms with van der Waals surface area (Å²) >= 11 is 1.26. The van der Waals surface area contributed by atoms with Crippen LogP contribution in [-0.4, -0.2) is 58.4 Å². The first-order valence-electron chi connectivity index (χ1n) is 10.7. The van der Waals surface area contributed by atoms with Crippen LogP contribution in [0.4, 0.5) is 17.5 Å². The highest BCUT2D eigenvalue weighted by Crippen LogP contribution is 2.31. The Morgan fingerprint density at radius 3 is 2.76 bits per heavy atom. The smallest absolute Gasteiger partial charge is 0.284 e. The summed E-state index contributed by atoms with van der Waals surface area (Å²) in [6.45, 7) is 4.62. The minimum absolute atomic E-state index is 0.302. The van der Waals surface area contributed by atoms with Crippen LogP contribution < -0.4 is 15.6 Å². The van der Waals surface area contributed by atoms with Gasteiger partial charge in [0.05, 0.1) is 19.4 Å². The molecule has 0 radical (unpaired) electrons. The fourth-order valence-corrected chi connectivity index (χ4v) is 4.40. The Bertz CT molecular complexity index is 1340. The topological polar surface area (TPSA) is 118 Å². The second-order valence-corrected chi connectivity index (χ2v) is 8.62. The Kier molecular flexibility index (Phi) is 6.36. The maximum atomic E-state index is 12.8. The molecule has 0 saturated carbocycles. The number of rotatable bonds is 6. The molecule has 0 aliphatic carbocycles. The van der Waals surface area contributed by atoms with Crippen LogP contribution in [-0.2, 0) is 4.74 Å². The molecule has 11 heteroatoms. The van der Waals surface area contributed by atoms with Crippen molar-refractivity contribution in [2.75, 3.05) is 41.9 Å². The van der Waals surface area contributed by atoms with Gasteiger partial charge in [0.25, 0.3) is 5.91 Å². The quantitative estimate of drug-likeness (QED) is 0.323. The van der Waals surface area contributed by atoms with E-state index in [0.717, 1.165) is 15.8 Å². The van der Waals surface area contributed by atoms with Crippen LogP contribution in [0.5, 0.6) is 0 Å². The Morgan fingerprint density at radius 1 is 1.15 bits per heavy atom. The molecule has 1 saturated heterocycles. The maximum Gasteiger partial charge on any atom is 0.284 e. The van der Waals surface area contributed by atoms with E-state index in [-0.39, 0.29) is 5.91 Å². The molecule has 4 heterocycles. The third kappa shape index (κ3) is 5.00. The Labute approximate surface area is 199 Å². The largest absolute Gasteiger partial charge is 0.378 e. The third-order valence-electron chi connectivity index (χ3n) is 5.10. The lowest BCUT2D eigenvalue weighted by atomic mass is 10.2. The molecule has 10 nitrogen and oxygen atoms in total. The van der Waals surface area contributed by atoms with Crippen LogP contribution in [0.15, 0.2) is 53.9 Å². The molecule has 1 aliphatic heterocycles. The van der Waals surface area contributed by atoms with Crippen molar-refractivity contribution in [1.29, 1.82) is 0 Å². The summed E-state index contributed by atoms with van der Waals surface area (Å²) in [4.78, 5) is 32.6. The van der Waals surface area contributed by atoms with Crippen molar-refractivity contribution in [2.24, 2.45) is 5.10 Å². The SMILES string of the molecule is Cc1cccc(/C=N/Nc2nc(N3CCOCC3)c3sc(C(=O)Nc4ccncc4)nc3n2)c1. The molecule has 0 unspecified atom stereocenters. The van der Waals surface area contributed by atoms with Gasteiger partial charge in [0.1, 0.15) is 4.70 Å². The Hall–Kier alpha value is -3.96. The zero-order valence-electron chi connectivity index (χ0n) is 18.4. The number of aryl methyl sites for hydroxylation is 1. The van der Waals surface area contributed by atoms with Crippen LogP contribution in [0.1, 0.15) is 20.9 Å². The number of carbonyl (C=O) groups excluding carboxylic acids is 1. The summed E-state index contributed by atoms with van der Waals surface area (Å²) in [5.41, 5.74) is 6.11. The number of nitrogens with zero attached hydrogens (tertiary/aromatic N) is 6. The zero-order valence-corrected chi connectivity index (χ0v) is 19.2. The molecular weight excluding hydrogens is 452 g/mol. The van der Waals surface area contributed by atoms with Crippen molar-refractivity contribution in [3.05, 3.63) is 64.9 Å². The van der Waals surface area contributed by atoms with Gasteiger partial charge in [-0.1, -0.05) is 29.8 Å². The van der Waals surface area contributed by atoms with E-state index in [1.165, 1.54) is 11.3 Å². The molecule has 2 N–H and O–H groups in total. The first kappa shape index (κ1) is 21.9. The maximum absolute atomic E-state index is 12.8. The lowest BCUT2D eigenvalue weighted by Gasteiger charge is -2.28. The molecular formula is C23H22N8O2S. The van der Waals surface area contributed by atoms with E-state index in [4.69, 9.17) is 9.72 Å². The van der Waals surface area contributed by atoms with Gasteiger partial charge >= 0.3 is 0 Å². The number of thiazole rings is 1. The van der Waals surface area contributed by atoms with Crippen molar-refractivity contribution in [2.45, 2.75) is 6.92 Å². The number of carbonyl (C=O) groups is 1. The molecule has 0 spiro atoms. The minimum Gasteiger partial charge on any atom is -0.378 e. The lowest BCUT2D eigenvalue weighted by molar-refractivity contribution is 0.102. The normalized spacial score (nSPS) is 14.0. The van der Waals surface area contributed by atoms with Crippen LogP contribution in [0.2, 0.25) is 0 Å². The van der Waals surface area contributed by atoms with Gasteiger partial charge in [-0.15, -0.1) is 11.3 Å². The lowest BCUT2D eigenvalue weighted by Crippen LogP contribution is -2.36. The first-order valence-corrected chi connectivity index (χ1v) is 11.6. The van der Waals surface area contributed by atoms with Gasteiger partial charge in [-0.2, -0.15) is 15.1 Å². The fraction of sp³-hybridized carbons (Fsp3) is 0.217. The predicted molar refractivity (Wildman–Crippen MR) is 133 cm³/mol. The van der Waals surface area contributed by atoms with Gasteiger partial charge in [-0.3, -0.25) is 9.78 Å². The molecule has 1 amide bonds. The van der Waals surface area contributed by atoms with Crippen molar-refractivity contribution in [1.82, 2.24) is 19.9 Å². The third-order valence-corrected chi connectivity index (χ3v) is 6.14. The summed E-state index contributed by atoms with van der Waals surface area (Å²) in [6, 6.07) is 11.4. The number of amides is 1. The number of morpholine rings is 1. The number of fused-ring (bicyclic) bond motifs is 1. The van der Waals surface area contributed by atoms with Crippen molar-refractivity contribution in [3.63, 3.8) is 0 Å². The average molecular weight is 475 g/mol.